The predicted molar refractivity (Wildman–Crippen MR) is 77.0 cm³/mol. The third-order valence-corrected chi connectivity index (χ3v) is 3.12. The maximum absolute atomic E-state index is 8.78. The minimum atomic E-state index is 0.274. The normalized spacial score (nSPS) is 9.79. The monoisotopic (exact) mass is 338 g/mol. The van der Waals surface area contributed by atoms with Crippen molar-refractivity contribution in [3.8, 4) is 6.07 Å². The second kappa shape index (κ2) is 5.84. The Balaban J connectivity index is 2.33. The van der Waals surface area contributed by atoms with E-state index in [1.54, 1.807) is 24.4 Å². The van der Waals surface area contributed by atoms with Gasteiger partial charge in [0, 0.05) is 6.20 Å². The summed E-state index contributed by atoms with van der Waals surface area (Å²) in [5.41, 5.74) is 3.47. The van der Waals surface area contributed by atoms with E-state index in [1.807, 2.05) is 6.07 Å². The second-order valence-electron chi connectivity index (χ2n) is 3.47. The van der Waals surface area contributed by atoms with Crippen molar-refractivity contribution in [2.45, 2.75) is 0 Å². The summed E-state index contributed by atoms with van der Waals surface area (Å²) in [7, 11) is 0. The molecule has 0 fully saturated rings. The largest absolute Gasteiger partial charge is 0.338 e. The van der Waals surface area contributed by atoms with Gasteiger partial charge in [-0.15, -0.1) is 0 Å². The van der Waals surface area contributed by atoms with E-state index in [0.29, 0.717) is 26.6 Å². The van der Waals surface area contributed by atoms with E-state index in [2.05, 4.69) is 36.6 Å². The minimum Gasteiger partial charge on any atom is -0.338 e. The van der Waals surface area contributed by atoms with Gasteiger partial charge in [0.25, 0.3) is 0 Å². The van der Waals surface area contributed by atoms with Crippen LogP contribution in [0.25, 0.3) is 0 Å². The van der Waals surface area contributed by atoms with Crippen LogP contribution in [-0.2, 0) is 0 Å². The molecule has 2 aromatic rings. The van der Waals surface area contributed by atoms with Gasteiger partial charge in [0.05, 0.1) is 26.8 Å². The Morgan fingerprint density at radius 2 is 2.21 bits per heavy atom. The number of nitrogens with one attached hydrogen (secondary N) is 2. The number of nitrogen functional groups attached to an aromatic ring is 1. The molecule has 6 nitrogen and oxygen atoms in total. The number of anilines is 3. The third kappa shape index (κ3) is 3.12. The minimum absolute atomic E-state index is 0.274. The topological polar surface area (TPSA) is 99.7 Å². The molecule has 0 amide bonds. The van der Waals surface area contributed by atoms with Crippen molar-refractivity contribution in [2.75, 3.05) is 10.7 Å². The highest BCUT2D eigenvalue weighted by Gasteiger charge is 2.08. The molecule has 0 saturated carbocycles. The molecule has 19 heavy (non-hydrogen) atoms. The Morgan fingerprint density at radius 1 is 1.42 bits per heavy atom. The lowest BCUT2D eigenvalue weighted by Gasteiger charge is -2.10. The summed E-state index contributed by atoms with van der Waals surface area (Å²) < 4.78 is 0.659. The Bertz CT molecular complexity index is 654. The number of hydrazine groups is 1. The molecule has 0 atom stereocenters. The quantitative estimate of drug-likeness (QED) is 0.587. The molecule has 0 saturated heterocycles. The molecule has 2 rings (SSSR count). The maximum atomic E-state index is 8.78. The molecular weight excluding hydrogens is 332 g/mol. The smallest absolute Gasteiger partial charge is 0.239 e. The van der Waals surface area contributed by atoms with E-state index in [1.165, 1.54) is 0 Å². The fraction of sp³-hybridized carbons (Fsp3) is 0. The lowest BCUT2D eigenvalue weighted by Crippen LogP contribution is -2.11. The van der Waals surface area contributed by atoms with E-state index in [-0.39, 0.29) is 5.95 Å². The third-order valence-electron chi connectivity index (χ3n) is 2.22. The summed E-state index contributed by atoms with van der Waals surface area (Å²) in [6, 6.07) is 6.94. The first-order valence-electron chi connectivity index (χ1n) is 5.10. The maximum Gasteiger partial charge on any atom is 0.239 e. The molecular formula is C11H8BrClN6. The molecule has 1 aromatic heterocycles. The van der Waals surface area contributed by atoms with Crippen LogP contribution < -0.4 is 16.6 Å². The van der Waals surface area contributed by atoms with Crippen molar-refractivity contribution in [2.24, 2.45) is 5.84 Å². The van der Waals surface area contributed by atoms with Gasteiger partial charge in [0.1, 0.15) is 5.82 Å². The molecule has 8 heteroatoms. The van der Waals surface area contributed by atoms with Crippen LogP contribution in [0.1, 0.15) is 5.56 Å². The van der Waals surface area contributed by atoms with Crippen molar-refractivity contribution >= 4 is 45.0 Å². The number of hydrogen-bond acceptors (Lipinski definition) is 6. The van der Waals surface area contributed by atoms with Crippen LogP contribution in [0.4, 0.5) is 17.5 Å². The first-order chi connectivity index (χ1) is 9.13. The first kappa shape index (κ1) is 13.5. The van der Waals surface area contributed by atoms with Crippen LogP contribution in [0, 0.1) is 11.3 Å². The molecule has 0 radical (unpaired) electrons. The van der Waals surface area contributed by atoms with Crippen molar-refractivity contribution in [3.63, 3.8) is 0 Å². The van der Waals surface area contributed by atoms with Crippen molar-refractivity contribution < 1.29 is 0 Å². The fourth-order valence-corrected chi connectivity index (χ4v) is 1.86. The van der Waals surface area contributed by atoms with Crippen LogP contribution in [-0.4, -0.2) is 9.97 Å². The SMILES string of the molecule is N#Cc1ccc(Nc2nc(NN)ncc2Br)c(Cl)c1. The molecule has 0 aliphatic rings. The summed E-state index contributed by atoms with van der Waals surface area (Å²) in [5, 5.41) is 12.2. The molecule has 1 aromatic carbocycles. The molecule has 96 valence electrons. The Labute approximate surface area is 122 Å². The predicted octanol–water partition coefficient (Wildman–Crippen LogP) is 2.79. The summed E-state index contributed by atoms with van der Waals surface area (Å²) in [4.78, 5) is 8.08. The molecule has 0 aliphatic heterocycles. The standard InChI is InChI=1S/C11H8BrClN6/c12-7-5-16-11(19-15)18-10(7)17-9-2-1-6(4-14)3-8(9)13/h1-3,5H,15H2,(H2,16,17,18,19). The van der Waals surface area contributed by atoms with Gasteiger partial charge in [-0.2, -0.15) is 10.2 Å². The number of rotatable bonds is 3. The van der Waals surface area contributed by atoms with Crippen LogP contribution >= 0.6 is 27.5 Å². The van der Waals surface area contributed by atoms with Crippen LogP contribution in [0.2, 0.25) is 5.02 Å². The zero-order chi connectivity index (χ0) is 13.8. The van der Waals surface area contributed by atoms with E-state index in [0.717, 1.165) is 0 Å². The van der Waals surface area contributed by atoms with Gasteiger partial charge in [-0.3, -0.25) is 5.43 Å². The average molecular weight is 340 g/mol. The highest BCUT2D eigenvalue weighted by atomic mass is 79.9. The molecule has 0 unspecified atom stereocenters. The summed E-state index contributed by atoms with van der Waals surface area (Å²) in [6.45, 7) is 0. The zero-order valence-corrected chi connectivity index (χ0v) is 11.8. The average Bonchev–Trinajstić information content (AvgIpc) is 2.43. The Morgan fingerprint density at radius 3 is 2.84 bits per heavy atom. The highest BCUT2D eigenvalue weighted by molar-refractivity contribution is 9.10. The number of nitrogens with zero attached hydrogens (tertiary/aromatic N) is 3. The zero-order valence-electron chi connectivity index (χ0n) is 9.48. The molecule has 0 spiro atoms. The summed E-state index contributed by atoms with van der Waals surface area (Å²) >= 11 is 9.39. The second-order valence-corrected chi connectivity index (χ2v) is 4.73. The van der Waals surface area contributed by atoms with Crippen molar-refractivity contribution in [3.05, 3.63) is 39.5 Å². The van der Waals surface area contributed by atoms with Gasteiger partial charge in [-0.25, -0.2) is 10.8 Å². The Kier molecular flexibility index (Phi) is 4.16. The number of benzene rings is 1. The van der Waals surface area contributed by atoms with Gasteiger partial charge in [0.15, 0.2) is 0 Å². The number of nitrogens with two attached hydrogens (primary N) is 1. The summed E-state index contributed by atoms with van der Waals surface area (Å²) in [5.74, 6) is 6.03. The highest BCUT2D eigenvalue weighted by Crippen LogP contribution is 2.29. The van der Waals surface area contributed by atoms with E-state index in [9.17, 15) is 0 Å². The van der Waals surface area contributed by atoms with Crippen LogP contribution in [0.5, 0.6) is 0 Å². The molecule has 0 aliphatic carbocycles. The number of halogens is 2. The van der Waals surface area contributed by atoms with E-state index < -0.39 is 0 Å². The lowest BCUT2D eigenvalue weighted by molar-refractivity contribution is 1.11. The number of nitriles is 1. The van der Waals surface area contributed by atoms with Crippen molar-refractivity contribution in [1.82, 2.24) is 9.97 Å². The lowest BCUT2D eigenvalue weighted by atomic mass is 10.2. The molecule has 4 N–H and O–H groups in total. The van der Waals surface area contributed by atoms with E-state index in [4.69, 9.17) is 22.7 Å². The van der Waals surface area contributed by atoms with Gasteiger partial charge >= 0.3 is 0 Å². The van der Waals surface area contributed by atoms with Gasteiger partial charge in [-0.1, -0.05) is 11.6 Å². The Hall–Kier alpha value is -1.88. The van der Waals surface area contributed by atoms with E-state index >= 15 is 0 Å². The number of hydrogen-bond donors (Lipinski definition) is 3. The first-order valence-corrected chi connectivity index (χ1v) is 6.27. The van der Waals surface area contributed by atoms with Crippen LogP contribution in [0.3, 0.4) is 0 Å². The number of aromatic nitrogens is 2. The van der Waals surface area contributed by atoms with Crippen LogP contribution in [0.15, 0.2) is 28.9 Å². The van der Waals surface area contributed by atoms with Gasteiger partial charge in [0.2, 0.25) is 5.95 Å². The van der Waals surface area contributed by atoms with Crippen molar-refractivity contribution in [1.29, 1.82) is 5.26 Å². The fourth-order valence-electron chi connectivity index (χ4n) is 1.34. The van der Waals surface area contributed by atoms with Gasteiger partial charge in [-0.05, 0) is 34.1 Å². The molecule has 0 bridgehead atoms. The summed E-state index contributed by atoms with van der Waals surface area (Å²) in [6.07, 6.45) is 1.56. The molecule has 1 heterocycles. The van der Waals surface area contributed by atoms with Gasteiger partial charge < -0.3 is 5.32 Å².